The van der Waals surface area contributed by atoms with Crippen LogP contribution in [-0.2, 0) is 4.79 Å². The Morgan fingerprint density at radius 1 is 1.00 bits per heavy atom. The van der Waals surface area contributed by atoms with Crippen LogP contribution in [0.1, 0.15) is 41.5 Å². The molecule has 1 rings (SSSR count). The van der Waals surface area contributed by atoms with Crippen LogP contribution in [0.25, 0.3) is 0 Å². The van der Waals surface area contributed by atoms with E-state index in [1.807, 2.05) is 0 Å². The van der Waals surface area contributed by atoms with Crippen molar-refractivity contribution < 1.29 is 19.1 Å². The molecule has 0 heterocycles. The molecule has 84 valence electrons. The number of esters is 1. The first-order valence-electron chi connectivity index (χ1n) is 4.76. The van der Waals surface area contributed by atoms with Crippen molar-refractivity contribution in [3.05, 3.63) is 29.3 Å². The summed E-state index contributed by atoms with van der Waals surface area (Å²) in [6.45, 7) is 4.01. The normalized spacial score (nSPS) is 9.69. The fourth-order valence-corrected chi connectivity index (χ4v) is 1.27. The molecule has 4 heteroatoms. The van der Waals surface area contributed by atoms with E-state index >= 15 is 0 Å². The molecule has 0 saturated carbocycles. The van der Waals surface area contributed by atoms with E-state index in [2.05, 4.69) is 0 Å². The minimum absolute atomic E-state index is 0.142. The van der Waals surface area contributed by atoms with Crippen LogP contribution in [0.3, 0.4) is 0 Å². The number of hydrogen-bond acceptors (Lipinski definition) is 4. The Morgan fingerprint density at radius 3 is 2.06 bits per heavy atom. The molecule has 0 spiro atoms. The molecule has 0 bridgehead atoms. The summed E-state index contributed by atoms with van der Waals surface area (Å²) in [5.74, 6) is -0.709. The Bertz CT molecular complexity index is 460. The summed E-state index contributed by atoms with van der Waals surface area (Å²) in [5, 5.41) is 0. The van der Waals surface area contributed by atoms with E-state index in [9.17, 15) is 14.4 Å². The van der Waals surface area contributed by atoms with E-state index in [1.54, 1.807) is 0 Å². The van der Waals surface area contributed by atoms with Crippen molar-refractivity contribution in [2.75, 3.05) is 0 Å². The number of carbonyl (C=O) groups is 3. The van der Waals surface area contributed by atoms with E-state index < -0.39 is 5.97 Å². The van der Waals surface area contributed by atoms with Gasteiger partial charge in [-0.3, -0.25) is 14.4 Å². The number of rotatable bonds is 3. The lowest BCUT2D eigenvalue weighted by Gasteiger charge is -2.07. The molecule has 0 aromatic heterocycles. The molecular formula is C12H12O4. The van der Waals surface area contributed by atoms with Gasteiger partial charge < -0.3 is 4.74 Å². The molecule has 0 atom stereocenters. The second kappa shape index (κ2) is 4.70. The maximum atomic E-state index is 11.3. The third-order valence-corrected chi connectivity index (χ3v) is 2.02. The van der Waals surface area contributed by atoms with Crippen molar-refractivity contribution in [2.45, 2.75) is 20.8 Å². The molecule has 0 radical (unpaired) electrons. The first kappa shape index (κ1) is 12.1. The fourth-order valence-electron chi connectivity index (χ4n) is 1.27. The van der Waals surface area contributed by atoms with Gasteiger partial charge in [-0.1, -0.05) is 0 Å². The Kier molecular flexibility index (Phi) is 3.55. The highest BCUT2D eigenvalue weighted by atomic mass is 16.5. The highest BCUT2D eigenvalue weighted by Crippen LogP contribution is 2.21. The van der Waals surface area contributed by atoms with Gasteiger partial charge in [-0.25, -0.2) is 0 Å². The van der Waals surface area contributed by atoms with E-state index in [0.717, 1.165) is 0 Å². The van der Waals surface area contributed by atoms with Crippen LogP contribution in [0.5, 0.6) is 5.75 Å². The SMILES string of the molecule is CC(=O)Oc1ccc(C(C)=O)cc1C(C)=O. The van der Waals surface area contributed by atoms with Crippen LogP contribution >= 0.6 is 0 Å². The molecule has 0 fully saturated rings. The van der Waals surface area contributed by atoms with Crippen LogP contribution in [0, 0.1) is 0 Å². The first-order valence-corrected chi connectivity index (χ1v) is 4.76. The maximum Gasteiger partial charge on any atom is 0.308 e. The summed E-state index contributed by atoms with van der Waals surface area (Å²) >= 11 is 0. The fraction of sp³-hybridized carbons (Fsp3) is 0.250. The minimum atomic E-state index is -0.502. The van der Waals surface area contributed by atoms with Gasteiger partial charge in [0.2, 0.25) is 0 Å². The van der Waals surface area contributed by atoms with Gasteiger partial charge in [0.05, 0.1) is 5.56 Å². The van der Waals surface area contributed by atoms with Crippen molar-refractivity contribution >= 4 is 17.5 Å². The number of benzene rings is 1. The van der Waals surface area contributed by atoms with Crippen molar-refractivity contribution in [1.82, 2.24) is 0 Å². The maximum absolute atomic E-state index is 11.3. The van der Waals surface area contributed by atoms with Crippen LogP contribution in [0.4, 0.5) is 0 Å². The van der Waals surface area contributed by atoms with Crippen LogP contribution < -0.4 is 4.74 Å². The molecule has 4 nitrogen and oxygen atoms in total. The number of ketones is 2. The van der Waals surface area contributed by atoms with Crippen molar-refractivity contribution in [2.24, 2.45) is 0 Å². The van der Waals surface area contributed by atoms with E-state index in [4.69, 9.17) is 4.74 Å². The summed E-state index contributed by atoms with van der Waals surface area (Å²) in [7, 11) is 0. The van der Waals surface area contributed by atoms with Gasteiger partial charge in [-0.05, 0) is 32.0 Å². The Hall–Kier alpha value is -1.97. The predicted octanol–water partition coefficient (Wildman–Crippen LogP) is 2.02. The molecule has 0 unspecified atom stereocenters. The monoisotopic (exact) mass is 220 g/mol. The number of ether oxygens (including phenoxy) is 1. The molecular weight excluding hydrogens is 208 g/mol. The van der Waals surface area contributed by atoms with Gasteiger partial charge in [0, 0.05) is 12.5 Å². The first-order chi connectivity index (χ1) is 7.41. The van der Waals surface area contributed by atoms with Crippen molar-refractivity contribution in [3.63, 3.8) is 0 Å². The Morgan fingerprint density at radius 2 is 1.62 bits per heavy atom. The largest absolute Gasteiger partial charge is 0.426 e. The van der Waals surface area contributed by atoms with Gasteiger partial charge in [-0.2, -0.15) is 0 Å². The molecule has 0 amide bonds. The number of hydrogen-bond donors (Lipinski definition) is 0. The predicted molar refractivity (Wildman–Crippen MR) is 57.8 cm³/mol. The van der Waals surface area contributed by atoms with E-state index in [-0.39, 0.29) is 22.9 Å². The standard InChI is InChI=1S/C12H12O4/c1-7(13)10-4-5-12(16-9(3)15)11(6-10)8(2)14/h4-6H,1-3H3. The molecule has 1 aromatic rings. The molecule has 0 aliphatic heterocycles. The van der Waals surface area contributed by atoms with Crippen LogP contribution in [0.2, 0.25) is 0 Å². The highest BCUT2D eigenvalue weighted by Gasteiger charge is 2.12. The van der Waals surface area contributed by atoms with Gasteiger partial charge >= 0.3 is 5.97 Å². The smallest absolute Gasteiger partial charge is 0.308 e. The highest BCUT2D eigenvalue weighted by molar-refractivity contribution is 6.01. The van der Waals surface area contributed by atoms with E-state index in [0.29, 0.717) is 5.56 Å². The molecule has 16 heavy (non-hydrogen) atoms. The molecule has 0 aliphatic rings. The number of Topliss-reactive ketones (excluding diaryl/α,β-unsaturated/α-hetero) is 2. The average Bonchev–Trinajstić information content (AvgIpc) is 2.16. The zero-order chi connectivity index (χ0) is 12.3. The van der Waals surface area contributed by atoms with Gasteiger partial charge in [0.1, 0.15) is 5.75 Å². The zero-order valence-electron chi connectivity index (χ0n) is 9.37. The van der Waals surface area contributed by atoms with Gasteiger partial charge in [0.15, 0.2) is 11.6 Å². The summed E-state index contributed by atoms with van der Waals surface area (Å²) in [6.07, 6.45) is 0. The lowest BCUT2D eigenvalue weighted by Crippen LogP contribution is -2.07. The molecule has 1 aromatic carbocycles. The number of carbonyl (C=O) groups excluding carboxylic acids is 3. The van der Waals surface area contributed by atoms with Gasteiger partial charge in [-0.15, -0.1) is 0 Å². The Balaban J connectivity index is 3.24. The molecule has 0 aliphatic carbocycles. The summed E-state index contributed by atoms with van der Waals surface area (Å²) in [6, 6.07) is 4.41. The third kappa shape index (κ3) is 2.76. The Labute approximate surface area is 93.2 Å². The zero-order valence-corrected chi connectivity index (χ0v) is 9.37. The summed E-state index contributed by atoms with van der Waals surface area (Å²) in [5.41, 5.74) is 0.656. The van der Waals surface area contributed by atoms with E-state index in [1.165, 1.54) is 39.0 Å². The van der Waals surface area contributed by atoms with Crippen LogP contribution in [0.15, 0.2) is 18.2 Å². The third-order valence-electron chi connectivity index (χ3n) is 2.02. The lowest BCUT2D eigenvalue weighted by atomic mass is 10.0. The minimum Gasteiger partial charge on any atom is -0.426 e. The topological polar surface area (TPSA) is 60.4 Å². The van der Waals surface area contributed by atoms with Gasteiger partial charge in [0.25, 0.3) is 0 Å². The van der Waals surface area contributed by atoms with Crippen LogP contribution in [-0.4, -0.2) is 17.5 Å². The van der Waals surface area contributed by atoms with Crippen molar-refractivity contribution in [1.29, 1.82) is 0 Å². The molecule has 0 N–H and O–H groups in total. The second-order valence-electron chi connectivity index (χ2n) is 3.42. The average molecular weight is 220 g/mol. The quantitative estimate of drug-likeness (QED) is 0.444. The lowest BCUT2D eigenvalue weighted by molar-refractivity contribution is -0.131. The van der Waals surface area contributed by atoms with Crippen molar-refractivity contribution in [3.8, 4) is 5.75 Å². The summed E-state index contributed by atoms with van der Waals surface area (Å²) < 4.78 is 4.87. The molecule has 0 saturated heterocycles. The summed E-state index contributed by atoms with van der Waals surface area (Å²) in [4.78, 5) is 33.3. The second-order valence-corrected chi connectivity index (χ2v) is 3.42.